The van der Waals surface area contributed by atoms with E-state index in [-0.39, 0.29) is 25.9 Å². The molecule has 0 radical (unpaired) electrons. The average molecular weight is 461 g/mol. The highest BCUT2D eigenvalue weighted by molar-refractivity contribution is 5.55. The molecule has 33 heavy (non-hydrogen) atoms. The molecule has 0 amide bonds. The monoisotopic (exact) mass is 460 g/mol. The van der Waals surface area contributed by atoms with E-state index in [1.807, 2.05) is 6.92 Å². The summed E-state index contributed by atoms with van der Waals surface area (Å²) in [5.74, 6) is 1.18. The van der Waals surface area contributed by atoms with Gasteiger partial charge in [0.2, 0.25) is 0 Å². The second-order valence-electron chi connectivity index (χ2n) is 9.01. The van der Waals surface area contributed by atoms with Crippen LogP contribution in [0.3, 0.4) is 0 Å². The van der Waals surface area contributed by atoms with E-state index >= 15 is 0 Å². The Kier molecular flexibility index (Phi) is 13.6. The lowest BCUT2D eigenvalue weighted by Crippen LogP contribution is -2.11. The van der Waals surface area contributed by atoms with Crippen LogP contribution in [0.4, 0.5) is 8.78 Å². The molecule has 0 fully saturated rings. The first-order valence-corrected chi connectivity index (χ1v) is 12.9. The van der Waals surface area contributed by atoms with Gasteiger partial charge in [-0.15, -0.1) is 0 Å². The van der Waals surface area contributed by atoms with Gasteiger partial charge in [-0.2, -0.15) is 0 Å². The maximum atomic E-state index is 14.0. The Bertz CT molecular complexity index is 737. The van der Waals surface area contributed by atoms with Crippen LogP contribution in [0.1, 0.15) is 96.5 Å². The largest absolute Gasteiger partial charge is 0.490 e. The standard InChI is InChI=1S/C28H42F2N2O/c1-3-5-7-8-9-10-11-23-13-15-24(16-14-23)28-31-21-27(22-32-28)33-20-19-26(30)18-17-25(29)12-6-4-2/h13-16,21-22,25-26H,3-12,17-20H2,1-2H3. The number of hydrogen-bond donors (Lipinski definition) is 0. The minimum absolute atomic E-state index is 0.239. The first-order chi connectivity index (χ1) is 16.1. The molecule has 0 aliphatic carbocycles. The van der Waals surface area contributed by atoms with E-state index in [4.69, 9.17) is 4.74 Å². The normalized spacial score (nSPS) is 13.1. The van der Waals surface area contributed by atoms with Gasteiger partial charge in [-0.3, -0.25) is 0 Å². The molecule has 1 aromatic heterocycles. The summed E-state index contributed by atoms with van der Waals surface area (Å²) in [4.78, 5) is 8.78. The molecule has 0 spiro atoms. The molecule has 2 atom stereocenters. The van der Waals surface area contributed by atoms with Crippen molar-refractivity contribution in [2.45, 2.75) is 110 Å². The average Bonchev–Trinajstić information content (AvgIpc) is 2.84. The minimum Gasteiger partial charge on any atom is -0.490 e. The van der Waals surface area contributed by atoms with Crippen molar-refractivity contribution in [3.05, 3.63) is 42.2 Å². The predicted molar refractivity (Wildman–Crippen MR) is 133 cm³/mol. The van der Waals surface area contributed by atoms with Gasteiger partial charge >= 0.3 is 0 Å². The quantitative estimate of drug-likeness (QED) is 0.209. The van der Waals surface area contributed by atoms with Crippen LogP contribution < -0.4 is 4.74 Å². The van der Waals surface area contributed by atoms with Crippen molar-refractivity contribution in [1.82, 2.24) is 9.97 Å². The Morgan fingerprint density at radius 2 is 1.33 bits per heavy atom. The second-order valence-corrected chi connectivity index (χ2v) is 9.01. The van der Waals surface area contributed by atoms with Crippen LogP contribution in [0.25, 0.3) is 11.4 Å². The Balaban J connectivity index is 1.67. The third-order valence-corrected chi connectivity index (χ3v) is 6.02. The highest BCUT2D eigenvalue weighted by atomic mass is 19.1. The Morgan fingerprint density at radius 1 is 0.727 bits per heavy atom. The van der Waals surface area contributed by atoms with E-state index in [9.17, 15) is 8.78 Å². The van der Waals surface area contributed by atoms with Gasteiger partial charge in [-0.1, -0.05) is 83.1 Å². The van der Waals surface area contributed by atoms with E-state index in [2.05, 4.69) is 41.2 Å². The summed E-state index contributed by atoms with van der Waals surface area (Å²) in [6, 6.07) is 8.44. The zero-order valence-electron chi connectivity index (χ0n) is 20.6. The van der Waals surface area contributed by atoms with E-state index in [1.165, 1.54) is 44.1 Å². The highest BCUT2D eigenvalue weighted by Crippen LogP contribution is 2.20. The van der Waals surface area contributed by atoms with Crippen LogP contribution in [-0.4, -0.2) is 28.9 Å². The van der Waals surface area contributed by atoms with E-state index < -0.39 is 12.3 Å². The number of rotatable bonds is 18. The summed E-state index contributed by atoms with van der Waals surface area (Å²) in [6.45, 7) is 4.52. The number of aromatic nitrogens is 2. The van der Waals surface area contributed by atoms with E-state index in [1.54, 1.807) is 12.4 Å². The van der Waals surface area contributed by atoms with Crippen molar-refractivity contribution in [2.24, 2.45) is 0 Å². The summed E-state index contributed by atoms with van der Waals surface area (Å²) in [5.41, 5.74) is 2.32. The number of hydrogen-bond acceptors (Lipinski definition) is 3. The van der Waals surface area contributed by atoms with Crippen LogP contribution in [0.15, 0.2) is 36.7 Å². The first-order valence-electron chi connectivity index (χ1n) is 12.9. The van der Waals surface area contributed by atoms with Crippen molar-refractivity contribution in [1.29, 1.82) is 0 Å². The molecular formula is C28H42F2N2O. The Morgan fingerprint density at radius 3 is 2.00 bits per heavy atom. The molecule has 0 saturated heterocycles. The Hall–Kier alpha value is -2.04. The smallest absolute Gasteiger partial charge is 0.159 e. The molecule has 184 valence electrons. The number of nitrogens with zero attached hydrogens (tertiary/aromatic N) is 2. The molecule has 1 heterocycles. The second kappa shape index (κ2) is 16.6. The van der Waals surface area contributed by atoms with Gasteiger partial charge in [0.1, 0.15) is 12.3 Å². The van der Waals surface area contributed by atoms with Crippen molar-refractivity contribution < 1.29 is 13.5 Å². The van der Waals surface area contributed by atoms with E-state index in [0.29, 0.717) is 18.0 Å². The number of benzene rings is 1. The predicted octanol–water partition coefficient (Wildman–Crippen LogP) is 8.46. The lowest BCUT2D eigenvalue weighted by Gasteiger charge is -2.12. The SMILES string of the molecule is CCCCCCCCc1ccc(-c2ncc(OCCC(F)CCC(F)CCCC)cn2)cc1. The van der Waals surface area contributed by atoms with Gasteiger partial charge in [-0.25, -0.2) is 18.7 Å². The number of ether oxygens (including phenoxy) is 1. The third kappa shape index (κ3) is 11.6. The molecule has 5 heteroatoms. The van der Waals surface area contributed by atoms with Gasteiger partial charge in [-0.05, 0) is 37.7 Å². The fourth-order valence-corrected chi connectivity index (χ4v) is 3.85. The van der Waals surface area contributed by atoms with Crippen molar-refractivity contribution in [3.8, 4) is 17.1 Å². The fourth-order valence-electron chi connectivity index (χ4n) is 3.85. The number of unbranched alkanes of at least 4 members (excludes halogenated alkanes) is 6. The lowest BCUT2D eigenvalue weighted by molar-refractivity contribution is 0.199. The molecular weight excluding hydrogens is 418 g/mol. The van der Waals surface area contributed by atoms with Crippen LogP contribution in [0, 0.1) is 0 Å². The van der Waals surface area contributed by atoms with Gasteiger partial charge in [0.15, 0.2) is 11.6 Å². The van der Waals surface area contributed by atoms with Crippen LogP contribution >= 0.6 is 0 Å². The third-order valence-electron chi connectivity index (χ3n) is 6.02. The maximum Gasteiger partial charge on any atom is 0.159 e. The number of aryl methyl sites for hydroxylation is 1. The summed E-state index contributed by atoms with van der Waals surface area (Å²) in [6.07, 6.45) is 13.4. The van der Waals surface area contributed by atoms with Crippen LogP contribution in [0.5, 0.6) is 5.75 Å². The molecule has 0 bridgehead atoms. The molecule has 1 aromatic carbocycles. The van der Waals surface area contributed by atoms with Gasteiger partial charge in [0.25, 0.3) is 0 Å². The first kappa shape index (κ1) is 27.2. The van der Waals surface area contributed by atoms with E-state index in [0.717, 1.165) is 24.8 Å². The molecule has 0 N–H and O–H groups in total. The molecule has 3 nitrogen and oxygen atoms in total. The number of halogens is 2. The Labute approximate surface area is 199 Å². The molecule has 0 saturated carbocycles. The maximum absolute atomic E-state index is 14.0. The van der Waals surface area contributed by atoms with Crippen molar-refractivity contribution in [2.75, 3.05) is 6.61 Å². The zero-order chi connectivity index (χ0) is 23.7. The molecule has 0 aliphatic heterocycles. The zero-order valence-corrected chi connectivity index (χ0v) is 20.6. The fraction of sp³-hybridized carbons (Fsp3) is 0.643. The minimum atomic E-state index is -1.04. The van der Waals surface area contributed by atoms with Crippen molar-refractivity contribution in [3.63, 3.8) is 0 Å². The topological polar surface area (TPSA) is 35.0 Å². The molecule has 2 unspecified atom stereocenters. The number of alkyl halides is 2. The lowest BCUT2D eigenvalue weighted by atomic mass is 10.0. The molecule has 2 rings (SSSR count). The summed E-state index contributed by atoms with van der Waals surface area (Å²) < 4.78 is 33.2. The summed E-state index contributed by atoms with van der Waals surface area (Å²) in [7, 11) is 0. The molecule has 2 aromatic rings. The van der Waals surface area contributed by atoms with Crippen molar-refractivity contribution >= 4 is 0 Å². The summed E-state index contributed by atoms with van der Waals surface area (Å²) >= 11 is 0. The van der Waals surface area contributed by atoms with Gasteiger partial charge in [0.05, 0.1) is 19.0 Å². The molecule has 0 aliphatic rings. The van der Waals surface area contributed by atoms with Crippen LogP contribution in [0.2, 0.25) is 0 Å². The van der Waals surface area contributed by atoms with Gasteiger partial charge in [0, 0.05) is 12.0 Å². The summed E-state index contributed by atoms with van der Waals surface area (Å²) in [5, 5.41) is 0. The highest BCUT2D eigenvalue weighted by Gasteiger charge is 2.12. The van der Waals surface area contributed by atoms with Crippen LogP contribution in [-0.2, 0) is 6.42 Å². The van der Waals surface area contributed by atoms with Gasteiger partial charge < -0.3 is 4.74 Å².